The number of nitrogens with zero attached hydrogens (tertiary/aromatic N) is 1. The number of methoxy groups -OCH3 is 1. The van der Waals surface area contributed by atoms with Gasteiger partial charge in [0, 0.05) is 18.5 Å². The zero-order valence-corrected chi connectivity index (χ0v) is 13.7. The summed E-state index contributed by atoms with van der Waals surface area (Å²) in [4.78, 5) is 23.4. The molecule has 6 nitrogen and oxygen atoms in total. The molecule has 0 heterocycles. The van der Waals surface area contributed by atoms with Crippen molar-refractivity contribution < 1.29 is 18.7 Å². The Bertz CT molecular complexity index is 743. The number of ether oxygens (including phenoxy) is 1. The summed E-state index contributed by atoms with van der Waals surface area (Å²) in [5, 5.41) is 6.41. The number of rotatable bonds is 7. The average Bonchev–Trinajstić information content (AvgIpc) is 2.62. The van der Waals surface area contributed by atoms with Gasteiger partial charge < -0.3 is 10.1 Å². The molecule has 0 bridgehead atoms. The Kier molecular flexibility index (Phi) is 6.65. The Hall–Kier alpha value is -3.22. The van der Waals surface area contributed by atoms with Crippen molar-refractivity contribution in [2.24, 2.45) is 5.10 Å². The molecule has 0 aromatic heterocycles. The molecular formula is C18H18FN3O3. The summed E-state index contributed by atoms with van der Waals surface area (Å²) in [6.07, 6.45) is 1.49. The molecule has 2 rings (SSSR count). The van der Waals surface area contributed by atoms with Crippen molar-refractivity contribution in [3.05, 3.63) is 59.9 Å². The summed E-state index contributed by atoms with van der Waals surface area (Å²) in [5.74, 6) is -0.361. The van der Waals surface area contributed by atoms with Crippen LogP contribution in [0.3, 0.4) is 0 Å². The number of carbonyl (C=O) groups excluding carboxylic acids is 2. The third-order valence-corrected chi connectivity index (χ3v) is 3.23. The standard InChI is InChI=1S/C18H18FN3O3/c1-25-16-8-2-13(3-9-16)12-20-22-18(24)11-10-17(23)21-15-6-4-14(19)5-7-15/h2-9,12H,10-11H2,1H3,(H,21,23)(H,22,24). The number of benzene rings is 2. The van der Waals surface area contributed by atoms with Crippen LogP contribution in [0.2, 0.25) is 0 Å². The van der Waals surface area contributed by atoms with E-state index in [-0.39, 0.29) is 30.5 Å². The molecule has 0 spiro atoms. The summed E-state index contributed by atoms with van der Waals surface area (Å²) in [7, 11) is 1.58. The van der Waals surface area contributed by atoms with Crippen LogP contribution >= 0.6 is 0 Å². The monoisotopic (exact) mass is 343 g/mol. The van der Waals surface area contributed by atoms with Crippen molar-refractivity contribution in [1.29, 1.82) is 0 Å². The first-order valence-electron chi connectivity index (χ1n) is 7.58. The molecule has 130 valence electrons. The van der Waals surface area contributed by atoms with Gasteiger partial charge in [0.05, 0.1) is 13.3 Å². The summed E-state index contributed by atoms with van der Waals surface area (Å²) < 4.78 is 17.8. The second-order valence-electron chi connectivity index (χ2n) is 5.12. The molecule has 2 amide bonds. The molecule has 0 saturated heterocycles. The van der Waals surface area contributed by atoms with Crippen molar-refractivity contribution in [3.63, 3.8) is 0 Å². The van der Waals surface area contributed by atoms with Crippen molar-refractivity contribution in [2.45, 2.75) is 12.8 Å². The third kappa shape index (κ3) is 6.42. The minimum atomic E-state index is -0.382. The highest BCUT2D eigenvalue weighted by atomic mass is 19.1. The second kappa shape index (κ2) is 9.17. The van der Waals surface area contributed by atoms with Crippen LogP contribution in [0.25, 0.3) is 0 Å². The average molecular weight is 343 g/mol. The van der Waals surface area contributed by atoms with Gasteiger partial charge in [-0.05, 0) is 54.1 Å². The van der Waals surface area contributed by atoms with Crippen molar-refractivity contribution in [2.75, 3.05) is 12.4 Å². The van der Waals surface area contributed by atoms with E-state index in [0.29, 0.717) is 5.69 Å². The lowest BCUT2D eigenvalue weighted by Crippen LogP contribution is -2.20. The van der Waals surface area contributed by atoms with Gasteiger partial charge in [-0.1, -0.05) is 0 Å². The van der Waals surface area contributed by atoms with E-state index in [4.69, 9.17) is 4.74 Å². The maximum Gasteiger partial charge on any atom is 0.240 e. The molecule has 2 N–H and O–H groups in total. The number of anilines is 1. The fraction of sp³-hybridized carbons (Fsp3) is 0.167. The van der Waals surface area contributed by atoms with Gasteiger partial charge in [0.1, 0.15) is 11.6 Å². The quantitative estimate of drug-likeness (QED) is 0.599. The minimum absolute atomic E-state index is 0.00126. The van der Waals surface area contributed by atoms with Crippen LogP contribution in [-0.2, 0) is 9.59 Å². The highest BCUT2D eigenvalue weighted by Gasteiger charge is 2.06. The first-order valence-corrected chi connectivity index (χ1v) is 7.58. The number of hydrogen-bond acceptors (Lipinski definition) is 4. The number of carbonyl (C=O) groups is 2. The van der Waals surface area contributed by atoms with Crippen LogP contribution in [0.4, 0.5) is 10.1 Å². The van der Waals surface area contributed by atoms with E-state index in [2.05, 4.69) is 15.8 Å². The Labute approximate surface area is 144 Å². The Morgan fingerprint density at radius 3 is 2.32 bits per heavy atom. The fourth-order valence-corrected chi connectivity index (χ4v) is 1.91. The van der Waals surface area contributed by atoms with Gasteiger partial charge in [-0.25, -0.2) is 9.82 Å². The van der Waals surface area contributed by atoms with E-state index >= 15 is 0 Å². The van der Waals surface area contributed by atoms with Crippen LogP contribution in [0.5, 0.6) is 5.75 Å². The van der Waals surface area contributed by atoms with Gasteiger partial charge in [-0.2, -0.15) is 5.10 Å². The molecule has 0 aliphatic carbocycles. The summed E-state index contributed by atoms with van der Waals surface area (Å²) in [5.41, 5.74) is 3.63. The topological polar surface area (TPSA) is 79.8 Å². The lowest BCUT2D eigenvalue weighted by molar-refractivity contribution is -0.124. The summed E-state index contributed by atoms with van der Waals surface area (Å²) in [6, 6.07) is 12.5. The predicted octanol–water partition coefficient (Wildman–Crippen LogP) is 2.70. The second-order valence-corrected chi connectivity index (χ2v) is 5.12. The summed E-state index contributed by atoms with van der Waals surface area (Å²) in [6.45, 7) is 0. The highest BCUT2D eigenvalue weighted by Crippen LogP contribution is 2.10. The number of hydrazone groups is 1. The maximum atomic E-state index is 12.8. The van der Waals surface area contributed by atoms with Gasteiger partial charge in [0.2, 0.25) is 11.8 Å². The SMILES string of the molecule is COc1ccc(C=NNC(=O)CCC(=O)Nc2ccc(F)cc2)cc1. The van der Waals surface area contributed by atoms with E-state index in [1.54, 1.807) is 31.4 Å². The van der Waals surface area contributed by atoms with Crippen molar-refractivity contribution in [1.82, 2.24) is 5.43 Å². The van der Waals surface area contributed by atoms with Gasteiger partial charge in [-0.3, -0.25) is 9.59 Å². The lowest BCUT2D eigenvalue weighted by atomic mass is 10.2. The van der Waals surface area contributed by atoms with Crippen LogP contribution in [0, 0.1) is 5.82 Å². The first kappa shape index (κ1) is 18.1. The van der Waals surface area contributed by atoms with E-state index in [9.17, 15) is 14.0 Å². The van der Waals surface area contributed by atoms with E-state index in [0.717, 1.165) is 11.3 Å². The Balaban J connectivity index is 1.71. The van der Waals surface area contributed by atoms with Crippen LogP contribution in [0.15, 0.2) is 53.6 Å². The molecule has 0 aliphatic rings. The molecule has 2 aromatic carbocycles. The third-order valence-electron chi connectivity index (χ3n) is 3.23. The molecule has 0 aliphatic heterocycles. The van der Waals surface area contributed by atoms with Gasteiger partial charge >= 0.3 is 0 Å². The zero-order valence-electron chi connectivity index (χ0n) is 13.7. The van der Waals surface area contributed by atoms with Crippen molar-refractivity contribution in [3.8, 4) is 5.75 Å². The lowest BCUT2D eigenvalue weighted by Gasteiger charge is -2.04. The molecule has 7 heteroatoms. The van der Waals surface area contributed by atoms with E-state index in [1.807, 2.05) is 0 Å². The molecule has 0 saturated carbocycles. The van der Waals surface area contributed by atoms with Crippen LogP contribution in [0.1, 0.15) is 18.4 Å². The highest BCUT2D eigenvalue weighted by molar-refractivity contribution is 5.93. The molecular weight excluding hydrogens is 325 g/mol. The number of nitrogens with one attached hydrogen (secondary N) is 2. The normalized spacial score (nSPS) is 10.5. The maximum absolute atomic E-state index is 12.8. The molecule has 0 fully saturated rings. The van der Waals surface area contributed by atoms with Crippen LogP contribution < -0.4 is 15.5 Å². The van der Waals surface area contributed by atoms with Gasteiger partial charge in [0.25, 0.3) is 0 Å². The van der Waals surface area contributed by atoms with Crippen LogP contribution in [-0.4, -0.2) is 25.1 Å². The smallest absolute Gasteiger partial charge is 0.240 e. The van der Waals surface area contributed by atoms with E-state index in [1.165, 1.54) is 30.5 Å². The molecule has 2 aromatic rings. The number of hydrogen-bond donors (Lipinski definition) is 2. The van der Waals surface area contributed by atoms with Crippen molar-refractivity contribution >= 4 is 23.7 Å². The molecule has 25 heavy (non-hydrogen) atoms. The summed E-state index contributed by atoms with van der Waals surface area (Å²) >= 11 is 0. The number of amides is 2. The first-order chi connectivity index (χ1) is 12.1. The zero-order chi connectivity index (χ0) is 18.1. The molecule has 0 atom stereocenters. The Morgan fingerprint density at radius 2 is 1.68 bits per heavy atom. The van der Waals surface area contributed by atoms with E-state index < -0.39 is 0 Å². The fourth-order valence-electron chi connectivity index (χ4n) is 1.91. The molecule has 0 radical (unpaired) electrons. The number of halogens is 1. The Morgan fingerprint density at radius 1 is 1.04 bits per heavy atom. The minimum Gasteiger partial charge on any atom is -0.497 e. The van der Waals surface area contributed by atoms with Gasteiger partial charge in [-0.15, -0.1) is 0 Å². The van der Waals surface area contributed by atoms with Gasteiger partial charge in [0.15, 0.2) is 0 Å². The molecule has 0 unspecified atom stereocenters. The largest absolute Gasteiger partial charge is 0.497 e. The predicted molar refractivity (Wildman–Crippen MR) is 93.0 cm³/mol.